The smallest absolute Gasteiger partial charge is 0 e. The Hall–Kier alpha value is 1.54. The maximum absolute atomic E-state index is 2.08. The monoisotopic (exact) mass is 626 g/mol. The van der Waals surface area contributed by atoms with E-state index in [0.29, 0.717) is 0 Å². The van der Waals surface area contributed by atoms with E-state index in [-0.39, 0.29) is 100 Å². The molecule has 0 aromatic heterocycles. The molecule has 0 aliphatic carbocycles. The molecule has 0 N–H and O–H groups in total. The van der Waals surface area contributed by atoms with Crippen LogP contribution in [-0.2, 0) is 39.6 Å². The van der Waals surface area contributed by atoms with Crippen molar-refractivity contribution in [2.45, 2.75) is 14.4 Å². The van der Waals surface area contributed by atoms with Gasteiger partial charge in [-0.25, -0.2) is 0 Å². The second-order valence-corrected chi connectivity index (χ2v) is 1.65. The Morgan fingerprint density at radius 2 is 1.14 bits per heavy atom. The molecule has 0 saturated carbocycles. The summed E-state index contributed by atoms with van der Waals surface area (Å²) in [5.41, 5.74) is 1.32. The van der Waals surface area contributed by atoms with Gasteiger partial charge in [-0.05, 0) is 6.92 Å². The van der Waals surface area contributed by atoms with Crippen molar-refractivity contribution < 1.29 is 70.7 Å². The topological polar surface area (TPSA) is 0 Å². The standard InChI is InChI=1S/C7H8.CH4.3CH3.U.V.W/c1-7-5-3-2-4-6-7;;;;;;;/h2-6H,1H3;1H4;3*1H3;;;/q;;3*-1;;;. The van der Waals surface area contributed by atoms with Crippen LogP contribution in [0.4, 0.5) is 0 Å². The molecule has 0 bridgehead atoms. The second kappa shape index (κ2) is 29.3. The van der Waals surface area contributed by atoms with Gasteiger partial charge in [-0.1, -0.05) is 43.3 Å². The van der Waals surface area contributed by atoms with Gasteiger partial charge in [-0.15, -0.1) is 0 Å². The maximum atomic E-state index is 2.08. The van der Waals surface area contributed by atoms with Gasteiger partial charge in [0.05, 0.1) is 0 Å². The Morgan fingerprint density at radius 3 is 1.29 bits per heavy atom. The first-order valence-electron chi connectivity index (χ1n) is 2.41. The molecule has 0 atom stereocenters. The van der Waals surface area contributed by atoms with Crippen LogP contribution in [0.1, 0.15) is 13.0 Å². The molecule has 0 aliphatic heterocycles. The van der Waals surface area contributed by atoms with E-state index in [0.717, 1.165) is 0 Å². The zero-order valence-corrected chi connectivity index (χ0v) is 17.2. The molecule has 0 aliphatic rings. The van der Waals surface area contributed by atoms with Gasteiger partial charge < -0.3 is 22.3 Å². The quantitative estimate of drug-likeness (QED) is 0.383. The van der Waals surface area contributed by atoms with Crippen LogP contribution < -0.4 is 0 Å². The van der Waals surface area contributed by atoms with Crippen molar-refractivity contribution in [3.05, 3.63) is 58.2 Å². The summed E-state index contributed by atoms with van der Waals surface area (Å²) in [6.07, 6.45) is 0. The first-order valence-corrected chi connectivity index (χ1v) is 2.41. The van der Waals surface area contributed by atoms with Crippen LogP contribution >= 0.6 is 0 Å². The van der Waals surface area contributed by atoms with Crippen LogP contribution in [0.15, 0.2) is 30.3 Å². The summed E-state index contributed by atoms with van der Waals surface area (Å²) in [6.45, 7) is 2.08. The molecular weight excluding hydrogens is 605 g/mol. The van der Waals surface area contributed by atoms with E-state index in [1.54, 1.807) is 0 Å². The molecule has 3 heteroatoms. The van der Waals surface area contributed by atoms with Gasteiger partial charge in [-0.2, -0.15) is 0 Å². The van der Waals surface area contributed by atoms with Crippen molar-refractivity contribution in [1.82, 2.24) is 0 Å². The van der Waals surface area contributed by atoms with Gasteiger partial charge in [0.25, 0.3) is 0 Å². The predicted molar refractivity (Wildman–Crippen MR) is 57.2 cm³/mol. The first-order chi connectivity index (χ1) is 3.39. The van der Waals surface area contributed by atoms with Crippen molar-refractivity contribution in [2.75, 3.05) is 0 Å². The van der Waals surface area contributed by atoms with E-state index in [2.05, 4.69) is 19.1 Å². The Balaban J connectivity index is -0.0000000140. The minimum absolute atomic E-state index is 0. The molecule has 0 amide bonds. The summed E-state index contributed by atoms with van der Waals surface area (Å²) in [5.74, 6) is 0. The van der Waals surface area contributed by atoms with Crippen LogP contribution in [0.3, 0.4) is 0 Å². The summed E-state index contributed by atoms with van der Waals surface area (Å²) < 4.78 is 0. The summed E-state index contributed by atoms with van der Waals surface area (Å²) in [6, 6.07) is 10.3. The van der Waals surface area contributed by atoms with E-state index in [9.17, 15) is 0 Å². The van der Waals surface area contributed by atoms with Crippen molar-refractivity contribution in [1.29, 1.82) is 0 Å². The molecule has 83 valence electrons. The Bertz CT molecular complexity index is 145. The van der Waals surface area contributed by atoms with E-state index in [4.69, 9.17) is 0 Å². The fourth-order valence-corrected chi connectivity index (χ4v) is 0.534. The molecule has 0 nitrogen and oxygen atoms in total. The van der Waals surface area contributed by atoms with Gasteiger partial charge in [0.1, 0.15) is 0 Å². The van der Waals surface area contributed by atoms with E-state index in [1.807, 2.05) is 18.2 Å². The third-order valence-electron chi connectivity index (χ3n) is 0.940. The van der Waals surface area contributed by atoms with E-state index in [1.165, 1.54) is 5.56 Å². The molecule has 0 heterocycles. The molecule has 1 rings (SSSR count). The summed E-state index contributed by atoms with van der Waals surface area (Å²) in [4.78, 5) is 0. The summed E-state index contributed by atoms with van der Waals surface area (Å²) in [7, 11) is 0. The van der Waals surface area contributed by atoms with E-state index < -0.39 is 0 Å². The third-order valence-corrected chi connectivity index (χ3v) is 0.940. The fourth-order valence-electron chi connectivity index (χ4n) is 0.534. The Kier molecular flexibility index (Phi) is 94.2. The Labute approximate surface area is 142 Å². The van der Waals surface area contributed by atoms with Crippen LogP contribution in [0.25, 0.3) is 0 Å². The molecule has 1 aromatic carbocycles. The molecule has 14 heavy (non-hydrogen) atoms. The average Bonchev–Trinajstić information content (AvgIpc) is 1.69. The summed E-state index contributed by atoms with van der Waals surface area (Å²) in [5, 5.41) is 0. The first kappa shape index (κ1) is 45.0. The van der Waals surface area contributed by atoms with Gasteiger partial charge in [0.2, 0.25) is 0 Å². The zero-order chi connectivity index (χ0) is 5.11. The molecule has 1 aromatic rings. The van der Waals surface area contributed by atoms with Crippen LogP contribution in [0.2, 0.25) is 0 Å². The predicted octanol–water partition coefficient (Wildman–Crippen LogP) is 3.98. The second-order valence-electron chi connectivity index (χ2n) is 1.65. The zero-order valence-electron chi connectivity index (χ0n) is 8.74. The fraction of sp³-hybridized carbons (Fsp3) is 0.182. The van der Waals surface area contributed by atoms with Crippen molar-refractivity contribution >= 4 is 0 Å². The number of hydrogen-bond acceptors (Lipinski definition) is 0. The normalized spacial score (nSPS) is 4.36. The van der Waals surface area contributed by atoms with E-state index >= 15 is 0 Å². The molecule has 0 spiro atoms. The van der Waals surface area contributed by atoms with Gasteiger partial charge in [-0.3, -0.25) is 0 Å². The van der Waals surface area contributed by atoms with Crippen molar-refractivity contribution in [3.63, 3.8) is 0 Å². The minimum Gasteiger partial charge on any atom is -0.358 e. The number of aryl methyl sites for hydroxylation is 1. The SMILES string of the molecule is C.Cc1ccccc1.[CH3-].[CH3-].[CH3-].[U].[V].[W]. The molecule has 1 radical (unpaired) electrons. The van der Waals surface area contributed by atoms with Crippen molar-refractivity contribution in [3.8, 4) is 0 Å². The number of hydrogen-bond donors (Lipinski definition) is 0. The third kappa shape index (κ3) is 23.4. The van der Waals surface area contributed by atoms with Gasteiger partial charge >= 0.3 is 0 Å². The molecular formula is C11H21UVW-3. The minimum atomic E-state index is 0. The molecule has 0 unspecified atom stereocenters. The largest absolute Gasteiger partial charge is 0.358 e. The molecule has 0 saturated heterocycles. The average molecular weight is 626 g/mol. The number of benzene rings is 1. The summed E-state index contributed by atoms with van der Waals surface area (Å²) >= 11 is 0. The van der Waals surface area contributed by atoms with Crippen molar-refractivity contribution in [2.24, 2.45) is 0 Å². The number of rotatable bonds is 0. The van der Waals surface area contributed by atoms with Crippen LogP contribution in [-0.4, -0.2) is 0 Å². The maximum Gasteiger partial charge on any atom is 0 e. The van der Waals surface area contributed by atoms with Crippen LogP contribution in [0.5, 0.6) is 0 Å². The Morgan fingerprint density at radius 1 is 0.857 bits per heavy atom. The molecule has 0 fully saturated rings. The van der Waals surface area contributed by atoms with Gasteiger partial charge in [0.15, 0.2) is 0 Å². The van der Waals surface area contributed by atoms with Crippen LogP contribution in [0, 0.1) is 60.3 Å². The van der Waals surface area contributed by atoms with Gasteiger partial charge in [0, 0.05) is 70.7 Å².